The number of aliphatic hydroxyl groups excluding tert-OH is 1. The number of benzene rings is 2. The van der Waals surface area contributed by atoms with Crippen molar-refractivity contribution in [3.05, 3.63) is 65.9 Å². The van der Waals surface area contributed by atoms with Crippen molar-refractivity contribution in [1.82, 2.24) is 14.9 Å². The molecule has 2 aromatic carbocycles. The molecular weight excluding hydrogens is 599 g/mol. The number of hydrazine groups is 1. The third-order valence-electron chi connectivity index (χ3n) is 6.83. The van der Waals surface area contributed by atoms with Gasteiger partial charge in [-0.25, -0.2) is 10.0 Å². The zero-order valence-electron chi connectivity index (χ0n) is 25.5. The van der Waals surface area contributed by atoms with Gasteiger partial charge in [0.1, 0.15) is 6.04 Å². The summed E-state index contributed by atoms with van der Waals surface area (Å²) in [6.45, 7) is 7.56. The third kappa shape index (κ3) is 8.06. The SMILES string of the molecule is CC(=O)Oc1ccc(C2=CN(C(C)=O)C(C(C)C)C(=O)N2N(C(C)=O)C(Cc2ccccc2)C(O)C(F)(F)F)cc1OC(C)=O. The normalized spacial score (nSPS) is 16.6. The second kappa shape index (κ2) is 13.9. The van der Waals surface area contributed by atoms with Crippen molar-refractivity contribution < 1.29 is 51.7 Å². The molecule has 3 rings (SSSR count). The Labute approximate surface area is 257 Å². The highest BCUT2D eigenvalue weighted by atomic mass is 19.4. The van der Waals surface area contributed by atoms with Gasteiger partial charge in [-0.3, -0.25) is 24.0 Å². The van der Waals surface area contributed by atoms with Gasteiger partial charge in [-0.1, -0.05) is 44.2 Å². The standard InChI is InChI=1S/C31H34F3N3O8/c1-17(2)28-30(43)37(36(19(4)39)24(29(42)31(32,33)34)14-22-10-8-7-9-11-22)25(16-35(28)18(3)38)23-12-13-26(44-20(5)40)27(15-23)45-21(6)41/h7-13,15-17,24,28-29,42H,14H2,1-6H3. The Hall–Kier alpha value is -4.72. The molecule has 3 unspecified atom stereocenters. The topological polar surface area (TPSA) is 134 Å². The molecule has 0 spiro atoms. The molecule has 242 valence electrons. The van der Waals surface area contributed by atoms with Crippen LogP contribution in [0.15, 0.2) is 54.7 Å². The lowest BCUT2D eigenvalue weighted by molar-refractivity contribution is -0.232. The summed E-state index contributed by atoms with van der Waals surface area (Å²) in [6.07, 6.45) is -7.61. The number of aliphatic hydroxyl groups is 1. The number of carbonyl (C=O) groups is 5. The van der Waals surface area contributed by atoms with Crippen LogP contribution >= 0.6 is 0 Å². The average Bonchev–Trinajstić information content (AvgIpc) is 2.92. The minimum Gasteiger partial charge on any atom is -0.423 e. The first-order chi connectivity index (χ1) is 20.9. The van der Waals surface area contributed by atoms with Crippen molar-refractivity contribution in [2.45, 2.75) is 72.3 Å². The first kappa shape index (κ1) is 34.8. The van der Waals surface area contributed by atoms with E-state index in [1.165, 1.54) is 43.5 Å². The quantitative estimate of drug-likeness (QED) is 0.325. The Balaban J connectivity index is 2.36. The number of alkyl halides is 3. The van der Waals surface area contributed by atoms with E-state index in [1.807, 2.05) is 0 Å². The molecule has 0 saturated heterocycles. The predicted octanol–water partition coefficient (Wildman–Crippen LogP) is 3.85. The molecule has 14 heteroatoms. The van der Waals surface area contributed by atoms with E-state index >= 15 is 0 Å². The highest BCUT2D eigenvalue weighted by Gasteiger charge is 2.51. The van der Waals surface area contributed by atoms with Crippen LogP contribution in [0.1, 0.15) is 52.7 Å². The summed E-state index contributed by atoms with van der Waals surface area (Å²) in [6, 6.07) is 8.21. The number of halogens is 3. The Morgan fingerprint density at radius 3 is 2.00 bits per heavy atom. The van der Waals surface area contributed by atoms with Crippen LogP contribution in [0.2, 0.25) is 0 Å². The van der Waals surface area contributed by atoms with Crippen LogP contribution < -0.4 is 9.47 Å². The molecule has 1 heterocycles. The van der Waals surface area contributed by atoms with Crippen molar-refractivity contribution in [3.63, 3.8) is 0 Å². The molecule has 1 aliphatic rings. The van der Waals surface area contributed by atoms with Gasteiger partial charge in [-0.15, -0.1) is 0 Å². The van der Waals surface area contributed by atoms with E-state index in [1.54, 1.807) is 32.0 Å². The van der Waals surface area contributed by atoms with Crippen LogP contribution in [0.4, 0.5) is 13.2 Å². The van der Waals surface area contributed by atoms with Crippen LogP contribution in [-0.2, 0) is 30.4 Å². The monoisotopic (exact) mass is 633 g/mol. The molecule has 0 aromatic heterocycles. The fourth-order valence-corrected chi connectivity index (χ4v) is 5.01. The maximum atomic E-state index is 14.3. The molecule has 1 N–H and O–H groups in total. The summed E-state index contributed by atoms with van der Waals surface area (Å²) in [7, 11) is 0. The van der Waals surface area contributed by atoms with Gasteiger partial charge in [0, 0.05) is 39.5 Å². The van der Waals surface area contributed by atoms with Gasteiger partial charge >= 0.3 is 18.1 Å². The highest BCUT2D eigenvalue weighted by molar-refractivity contribution is 5.98. The summed E-state index contributed by atoms with van der Waals surface area (Å²) < 4.78 is 52.8. The molecule has 0 bridgehead atoms. The predicted molar refractivity (Wildman–Crippen MR) is 154 cm³/mol. The molecule has 0 saturated carbocycles. The molecule has 3 atom stereocenters. The first-order valence-corrected chi connectivity index (χ1v) is 13.9. The van der Waals surface area contributed by atoms with E-state index < -0.39 is 66.4 Å². The molecule has 45 heavy (non-hydrogen) atoms. The lowest BCUT2D eigenvalue weighted by Gasteiger charge is -2.48. The molecule has 11 nitrogen and oxygen atoms in total. The smallest absolute Gasteiger partial charge is 0.416 e. The maximum absolute atomic E-state index is 14.3. The number of esters is 2. The summed E-state index contributed by atoms with van der Waals surface area (Å²) >= 11 is 0. The first-order valence-electron chi connectivity index (χ1n) is 13.9. The van der Waals surface area contributed by atoms with Gasteiger partial charge in [0.2, 0.25) is 11.8 Å². The molecule has 0 radical (unpaired) electrons. The molecule has 1 aliphatic heterocycles. The van der Waals surface area contributed by atoms with E-state index in [4.69, 9.17) is 9.47 Å². The molecule has 0 fully saturated rings. The molecular formula is C31H34F3N3O8. The van der Waals surface area contributed by atoms with E-state index in [2.05, 4.69) is 0 Å². The zero-order valence-corrected chi connectivity index (χ0v) is 25.5. The Morgan fingerprint density at radius 1 is 0.933 bits per heavy atom. The Morgan fingerprint density at radius 2 is 1.51 bits per heavy atom. The number of ether oxygens (including phenoxy) is 2. The fourth-order valence-electron chi connectivity index (χ4n) is 5.01. The molecule has 0 aliphatic carbocycles. The number of nitrogens with zero attached hydrogens (tertiary/aromatic N) is 3. The van der Waals surface area contributed by atoms with Crippen molar-refractivity contribution in [3.8, 4) is 11.5 Å². The Bertz CT molecular complexity index is 1490. The highest BCUT2D eigenvalue weighted by Crippen LogP contribution is 2.38. The van der Waals surface area contributed by atoms with Crippen LogP contribution in [0.25, 0.3) is 5.70 Å². The minimum absolute atomic E-state index is 0.00447. The summed E-state index contributed by atoms with van der Waals surface area (Å²) in [4.78, 5) is 65.0. The Kier molecular flexibility index (Phi) is 10.8. The largest absolute Gasteiger partial charge is 0.423 e. The number of amides is 3. The van der Waals surface area contributed by atoms with Gasteiger partial charge in [-0.05, 0) is 36.1 Å². The third-order valence-corrected chi connectivity index (χ3v) is 6.83. The van der Waals surface area contributed by atoms with Crippen molar-refractivity contribution in [1.29, 1.82) is 0 Å². The lowest BCUT2D eigenvalue weighted by atomic mass is 9.96. The fraction of sp³-hybridized carbons (Fsp3) is 0.387. The van der Waals surface area contributed by atoms with Gasteiger partial charge in [0.05, 0.1) is 11.7 Å². The second-order valence-electron chi connectivity index (χ2n) is 10.7. The van der Waals surface area contributed by atoms with E-state index in [0.29, 0.717) is 15.6 Å². The number of rotatable bonds is 9. The average molecular weight is 634 g/mol. The van der Waals surface area contributed by atoms with Gasteiger partial charge in [0.15, 0.2) is 17.6 Å². The molecule has 2 aromatic rings. The van der Waals surface area contributed by atoms with E-state index in [9.17, 15) is 42.3 Å². The second-order valence-corrected chi connectivity index (χ2v) is 10.7. The van der Waals surface area contributed by atoms with Crippen molar-refractivity contribution >= 4 is 35.4 Å². The number of carbonyl (C=O) groups excluding carboxylic acids is 5. The van der Waals surface area contributed by atoms with Crippen molar-refractivity contribution in [2.24, 2.45) is 5.92 Å². The minimum atomic E-state index is -5.20. The summed E-state index contributed by atoms with van der Waals surface area (Å²) in [5.41, 5.74) is 0.0772. The van der Waals surface area contributed by atoms with E-state index in [-0.39, 0.29) is 22.8 Å². The van der Waals surface area contributed by atoms with E-state index in [0.717, 1.165) is 25.7 Å². The van der Waals surface area contributed by atoms with Crippen LogP contribution in [0.5, 0.6) is 11.5 Å². The number of hydrogen-bond donors (Lipinski definition) is 1. The van der Waals surface area contributed by atoms with Crippen LogP contribution in [0, 0.1) is 5.92 Å². The molecule has 3 amide bonds. The summed E-state index contributed by atoms with van der Waals surface area (Å²) in [5, 5.41) is 11.9. The summed E-state index contributed by atoms with van der Waals surface area (Å²) in [5.74, 6) is -5.13. The lowest BCUT2D eigenvalue weighted by Crippen LogP contribution is -2.65. The van der Waals surface area contributed by atoms with Crippen LogP contribution in [-0.4, -0.2) is 74.0 Å². The van der Waals surface area contributed by atoms with Gasteiger partial charge in [-0.2, -0.15) is 13.2 Å². The van der Waals surface area contributed by atoms with Crippen molar-refractivity contribution in [2.75, 3.05) is 0 Å². The zero-order chi connectivity index (χ0) is 33.8. The number of hydrogen-bond acceptors (Lipinski definition) is 8. The van der Waals surface area contributed by atoms with Crippen LogP contribution in [0.3, 0.4) is 0 Å². The van der Waals surface area contributed by atoms with Gasteiger partial charge in [0.25, 0.3) is 5.91 Å². The van der Waals surface area contributed by atoms with Gasteiger partial charge < -0.3 is 19.5 Å². The maximum Gasteiger partial charge on any atom is 0.416 e.